The van der Waals surface area contributed by atoms with Gasteiger partial charge in [0.15, 0.2) is 0 Å². The minimum absolute atomic E-state index is 0.156. The summed E-state index contributed by atoms with van der Waals surface area (Å²) in [5.41, 5.74) is 2.76. The van der Waals surface area contributed by atoms with Crippen LogP contribution in [0.15, 0.2) is 18.2 Å². The van der Waals surface area contributed by atoms with Crippen molar-refractivity contribution in [2.45, 2.75) is 27.2 Å². The molecular weight excluding hydrogens is 218 g/mol. The highest BCUT2D eigenvalue weighted by molar-refractivity contribution is 5.94. The van der Waals surface area contributed by atoms with E-state index in [9.17, 15) is 9.59 Å². The van der Waals surface area contributed by atoms with Crippen LogP contribution in [0.25, 0.3) is 0 Å². The molecule has 0 aliphatic heterocycles. The van der Waals surface area contributed by atoms with Crippen molar-refractivity contribution in [2.24, 2.45) is 5.92 Å². The zero-order chi connectivity index (χ0) is 13.0. The molecule has 1 atom stereocenters. The average molecular weight is 235 g/mol. The molecule has 1 unspecified atom stereocenters. The molecule has 0 spiro atoms. The molecule has 1 aromatic carbocycles. The minimum atomic E-state index is -0.964. The standard InChI is InChI=1S/C13H17NO3/c1-8-4-5-9(2)11(6-8)14-13(17)10(3)7-12(15)16/h4-6,10H,7H2,1-3H3,(H,14,17)(H,15,16). The van der Waals surface area contributed by atoms with Crippen LogP contribution in [-0.2, 0) is 9.59 Å². The van der Waals surface area contributed by atoms with Crippen molar-refractivity contribution in [3.63, 3.8) is 0 Å². The van der Waals surface area contributed by atoms with Gasteiger partial charge < -0.3 is 10.4 Å². The van der Waals surface area contributed by atoms with Crippen LogP contribution >= 0.6 is 0 Å². The highest BCUT2D eigenvalue weighted by Crippen LogP contribution is 2.17. The Morgan fingerprint density at radius 3 is 2.59 bits per heavy atom. The SMILES string of the molecule is Cc1ccc(C)c(NC(=O)C(C)CC(=O)O)c1. The highest BCUT2D eigenvalue weighted by atomic mass is 16.4. The Morgan fingerprint density at radius 2 is 2.00 bits per heavy atom. The number of carbonyl (C=O) groups excluding carboxylic acids is 1. The molecule has 0 saturated carbocycles. The fourth-order valence-corrected chi connectivity index (χ4v) is 1.48. The topological polar surface area (TPSA) is 66.4 Å². The van der Waals surface area contributed by atoms with Gasteiger partial charge in [-0.25, -0.2) is 0 Å². The van der Waals surface area contributed by atoms with Crippen molar-refractivity contribution < 1.29 is 14.7 Å². The first-order valence-electron chi connectivity index (χ1n) is 5.50. The molecule has 0 aliphatic rings. The molecule has 1 rings (SSSR count). The van der Waals surface area contributed by atoms with Gasteiger partial charge in [-0.1, -0.05) is 19.1 Å². The van der Waals surface area contributed by atoms with Crippen molar-refractivity contribution in [1.29, 1.82) is 0 Å². The third-order valence-electron chi connectivity index (χ3n) is 2.58. The second-order valence-electron chi connectivity index (χ2n) is 4.31. The predicted molar refractivity (Wildman–Crippen MR) is 66.0 cm³/mol. The van der Waals surface area contributed by atoms with Gasteiger partial charge in [0.2, 0.25) is 5.91 Å². The van der Waals surface area contributed by atoms with Crippen LogP contribution in [0.3, 0.4) is 0 Å². The zero-order valence-electron chi connectivity index (χ0n) is 10.3. The van der Waals surface area contributed by atoms with Crippen LogP contribution in [0, 0.1) is 19.8 Å². The second-order valence-corrected chi connectivity index (χ2v) is 4.31. The van der Waals surface area contributed by atoms with E-state index in [4.69, 9.17) is 5.11 Å². The number of hydrogen-bond acceptors (Lipinski definition) is 2. The molecule has 2 N–H and O–H groups in total. The lowest BCUT2D eigenvalue weighted by molar-refractivity contribution is -0.139. The number of anilines is 1. The number of hydrogen-bond donors (Lipinski definition) is 2. The molecule has 0 radical (unpaired) electrons. The highest BCUT2D eigenvalue weighted by Gasteiger charge is 2.17. The number of rotatable bonds is 4. The molecule has 1 aromatic rings. The van der Waals surface area contributed by atoms with Crippen LogP contribution in [0.5, 0.6) is 0 Å². The molecule has 0 fully saturated rings. The average Bonchev–Trinajstić information content (AvgIpc) is 2.22. The minimum Gasteiger partial charge on any atom is -0.481 e. The maximum atomic E-state index is 11.7. The summed E-state index contributed by atoms with van der Waals surface area (Å²) in [6.45, 7) is 5.45. The summed E-state index contributed by atoms with van der Waals surface area (Å²) in [6, 6.07) is 5.76. The first kappa shape index (κ1) is 13.2. The summed E-state index contributed by atoms with van der Waals surface area (Å²) < 4.78 is 0. The van der Waals surface area contributed by atoms with Crippen molar-refractivity contribution in [2.75, 3.05) is 5.32 Å². The molecular formula is C13H17NO3. The quantitative estimate of drug-likeness (QED) is 0.841. The Hall–Kier alpha value is -1.84. The number of benzene rings is 1. The first-order chi connectivity index (χ1) is 7.90. The lowest BCUT2D eigenvalue weighted by atomic mass is 10.1. The van der Waals surface area contributed by atoms with E-state index in [-0.39, 0.29) is 12.3 Å². The van der Waals surface area contributed by atoms with Gasteiger partial charge in [0, 0.05) is 11.6 Å². The molecule has 0 saturated heterocycles. The number of carboxylic acid groups (broad SMARTS) is 1. The third-order valence-corrected chi connectivity index (χ3v) is 2.58. The monoisotopic (exact) mass is 235 g/mol. The van der Waals surface area contributed by atoms with Gasteiger partial charge in [-0.3, -0.25) is 9.59 Å². The number of aryl methyl sites for hydroxylation is 2. The van der Waals surface area contributed by atoms with Gasteiger partial charge in [0.25, 0.3) is 0 Å². The van der Waals surface area contributed by atoms with Gasteiger partial charge >= 0.3 is 5.97 Å². The summed E-state index contributed by atoms with van der Waals surface area (Å²) >= 11 is 0. The number of carbonyl (C=O) groups is 2. The van der Waals surface area contributed by atoms with Crippen LogP contribution in [-0.4, -0.2) is 17.0 Å². The fraction of sp³-hybridized carbons (Fsp3) is 0.385. The van der Waals surface area contributed by atoms with E-state index in [2.05, 4.69) is 5.32 Å². The molecule has 1 amide bonds. The first-order valence-corrected chi connectivity index (χ1v) is 5.50. The van der Waals surface area contributed by atoms with Gasteiger partial charge in [-0.2, -0.15) is 0 Å². The van der Waals surface area contributed by atoms with Crippen molar-refractivity contribution in [3.05, 3.63) is 29.3 Å². The summed E-state index contributed by atoms with van der Waals surface area (Å²) in [7, 11) is 0. The molecule has 17 heavy (non-hydrogen) atoms. The van der Waals surface area contributed by atoms with Gasteiger partial charge in [0.1, 0.15) is 0 Å². The van der Waals surface area contributed by atoms with Gasteiger partial charge in [0.05, 0.1) is 6.42 Å². The molecule has 0 bridgehead atoms. The van der Waals surface area contributed by atoms with Crippen LogP contribution in [0.2, 0.25) is 0 Å². The van der Waals surface area contributed by atoms with Crippen molar-refractivity contribution in [1.82, 2.24) is 0 Å². The number of amides is 1. The van der Waals surface area contributed by atoms with Crippen molar-refractivity contribution >= 4 is 17.6 Å². The summed E-state index contributed by atoms with van der Waals surface area (Å²) in [5, 5.41) is 11.4. The van der Waals surface area contributed by atoms with Gasteiger partial charge in [-0.15, -0.1) is 0 Å². The maximum Gasteiger partial charge on any atom is 0.304 e. The Labute approximate surface area is 101 Å². The van der Waals surface area contributed by atoms with Crippen molar-refractivity contribution in [3.8, 4) is 0 Å². The number of nitrogens with one attached hydrogen (secondary N) is 1. The number of carboxylic acids is 1. The van der Waals surface area contributed by atoms with E-state index in [1.807, 2.05) is 32.0 Å². The Kier molecular flexibility index (Phi) is 4.26. The summed E-state index contributed by atoms with van der Waals surface area (Å²) in [4.78, 5) is 22.2. The Balaban J connectivity index is 2.73. The Bertz CT molecular complexity index is 440. The molecule has 4 heteroatoms. The third kappa shape index (κ3) is 3.90. The largest absolute Gasteiger partial charge is 0.481 e. The lowest BCUT2D eigenvalue weighted by Gasteiger charge is -2.12. The predicted octanol–water partition coefficient (Wildman–Crippen LogP) is 2.35. The van der Waals surface area contributed by atoms with Gasteiger partial charge in [-0.05, 0) is 31.0 Å². The molecule has 0 aromatic heterocycles. The molecule has 0 aliphatic carbocycles. The number of aliphatic carboxylic acids is 1. The second kappa shape index (κ2) is 5.48. The van der Waals surface area contributed by atoms with E-state index in [1.54, 1.807) is 6.92 Å². The molecule has 92 valence electrons. The summed E-state index contributed by atoms with van der Waals surface area (Å²) in [5.74, 6) is -1.76. The zero-order valence-corrected chi connectivity index (χ0v) is 10.3. The Morgan fingerprint density at radius 1 is 1.35 bits per heavy atom. The van der Waals surface area contributed by atoms with E-state index in [1.165, 1.54) is 0 Å². The normalized spacial score (nSPS) is 11.9. The molecule has 4 nitrogen and oxygen atoms in total. The van der Waals surface area contributed by atoms with Crippen LogP contribution in [0.1, 0.15) is 24.5 Å². The van der Waals surface area contributed by atoms with E-state index in [0.717, 1.165) is 16.8 Å². The van der Waals surface area contributed by atoms with Crippen LogP contribution in [0.4, 0.5) is 5.69 Å². The summed E-state index contributed by atoms with van der Waals surface area (Å²) in [6.07, 6.45) is -0.156. The van der Waals surface area contributed by atoms with E-state index >= 15 is 0 Å². The smallest absolute Gasteiger partial charge is 0.304 e. The fourth-order valence-electron chi connectivity index (χ4n) is 1.48. The lowest BCUT2D eigenvalue weighted by Crippen LogP contribution is -2.23. The van der Waals surface area contributed by atoms with E-state index < -0.39 is 11.9 Å². The van der Waals surface area contributed by atoms with E-state index in [0.29, 0.717) is 0 Å². The maximum absolute atomic E-state index is 11.7. The van der Waals surface area contributed by atoms with Crippen LogP contribution < -0.4 is 5.32 Å². The molecule has 0 heterocycles.